The molecule has 15 heavy (non-hydrogen) atoms. The molecule has 2 unspecified atom stereocenters. The third-order valence-corrected chi connectivity index (χ3v) is 4.77. The van der Waals surface area contributed by atoms with Gasteiger partial charge in [-0.15, -0.1) is 0 Å². The maximum absolute atomic E-state index is 11.9. The molecule has 2 nitrogen and oxygen atoms in total. The molecular weight excluding hydrogens is 188 g/mol. The molecule has 2 heteroatoms. The van der Waals surface area contributed by atoms with Crippen molar-refractivity contribution in [1.29, 1.82) is 0 Å². The van der Waals surface area contributed by atoms with Crippen LogP contribution in [-0.2, 0) is 9.59 Å². The van der Waals surface area contributed by atoms with Crippen molar-refractivity contribution < 1.29 is 9.59 Å². The van der Waals surface area contributed by atoms with Gasteiger partial charge in [0.25, 0.3) is 0 Å². The summed E-state index contributed by atoms with van der Waals surface area (Å²) in [6, 6.07) is 0. The van der Waals surface area contributed by atoms with Gasteiger partial charge >= 0.3 is 0 Å². The second-order valence-corrected chi connectivity index (χ2v) is 5.70. The van der Waals surface area contributed by atoms with Crippen LogP contribution in [0.15, 0.2) is 12.2 Å². The van der Waals surface area contributed by atoms with Gasteiger partial charge in [-0.3, -0.25) is 9.59 Å². The molecule has 2 saturated carbocycles. The van der Waals surface area contributed by atoms with Crippen molar-refractivity contribution in [2.24, 2.45) is 16.7 Å². The predicted molar refractivity (Wildman–Crippen MR) is 58.4 cm³/mol. The highest BCUT2D eigenvalue weighted by Gasteiger charge is 2.60. The summed E-state index contributed by atoms with van der Waals surface area (Å²) in [6.45, 7) is 10.3. The molecule has 0 saturated heterocycles. The van der Waals surface area contributed by atoms with Crippen molar-refractivity contribution in [3.63, 3.8) is 0 Å². The third kappa shape index (κ3) is 1.11. The molecule has 2 rings (SSSR count). The normalized spacial score (nSPS) is 39.4. The average molecular weight is 206 g/mol. The molecular formula is C13H18O2. The van der Waals surface area contributed by atoms with Crippen molar-refractivity contribution in [2.75, 3.05) is 0 Å². The van der Waals surface area contributed by atoms with Crippen LogP contribution in [0.3, 0.4) is 0 Å². The Labute approximate surface area is 90.7 Å². The van der Waals surface area contributed by atoms with Gasteiger partial charge in [-0.05, 0) is 11.8 Å². The summed E-state index contributed by atoms with van der Waals surface area (Å²) < 4.78 is 0. The van der Waals surface area contributed by atoms with Crippen LogP contribution in [-0.4, -0.2) is 11.6 Å². The lowest BCUT2D eigenvalue weighted by molar-refractivity contribution is -0.133. The molecule has 0 spiro atoms. The first-order chi connectivity index (χ1) is 6.80. The van der Waals surface area contributed by atoms with Gasteiger partial charge in [-0.1, -0.05) is 32.9 Å². The molecule has 0 aromatic rings. The molecule has 0 N–H and O–H groups in total. The van der Waals surface area contributed by atoms with Gasteiger partial charge in [0.15, 0.2) is 0 Å². The van der Waals surface area contributed by atoms with E-state index in [4.69, 9.17) is 0 Å². The number of hydrogen-bond donors (Lipinski definition) is 0. The van der Waals surface area contributed by atoms with Gasteiger partial charge in [0, 0.05) is 18.3 Å². The van der Waals surface area contributed by atoms with Crippen LogP contribution < -0.4 is 0 Å². The van der Waals surface area contributed by atoms with E-state index in [1.165, 1.54) is 0 Å². The van der Waals surface area contributed by atoms with E-state index >= 15 is 0 Å². The maximum Gasteiger partial charge on any atom is 0.144 e. The standard InChI is InChI=1S/C13H18O2/c1-8-5-6-9(14)11-10(15)7-13(8,4)12(11,2)3/h11H,1,5-7H2,2-4H3. The monoisotopic (exact) mass is 206 g/mol. The number of Topliss-reactive ketones (excluding diaryl/α,β-unsaturated/α-hetero) is 2. The Balaban J connectivity index is 2.60. The van der Waals surface area contributed by atoms with Crippen LogP contribution in [0.25, 0.3) is 0 Å². The summed E-state index contributed by atoms with van der Waals surface area (Å²) in [4.78, 5) is 23.8. The molecule has 2 atom stereocenters. The van der Waals surface area contributed by atoms with E-state index < -0.39 is 0 Å². The van der Waals surface area contributed by atoms with Gasteiger partial charge in [-0.2, -0.15) is 0 Å². The summed E-state index contributed by atoms with van der Waals surface area (Å²) >= 11 is 0. The van der Waals surface area contributed by atoms with Gasteiger partial charge in [0.1, 0.15) is 11.6 Å². The van der Waals surface area contributed by atoms with Gasteiger partial charge < -0.3 is 0 Å². The molecule has 82 valence electrons. The molecule has 0 radical (unpaired) electrons. The summed E-state index contributed by atoms with van der Waals surface area (Å²) in [5, 5.41) is 0. The number of carbonyl (C=O) groups excluding carboxylic acids is 2. The van der Waals surface area contributed by atoms with Crippen molar-refractivity contribution in [1.82, 2.24) is 0 Å². The van der Waals surface area contributed by atoms with Crippen LogP contribution >= 0.6 is 0 Å². The summed E-state index contributed by atoms with van der Waals surface area (Å²) in [6.07, 6.45) is 1.74. The van der Waals surface area contributed by atoms with Crippen molar-refractivity contribution in [3.05, 3.63) is 12.2 Å². The van der Waals surface area contributed by atoms with E-state index in [1.807, 2.05) is 13.8 Å². The zero-order chi connectivity index (χ0) is 11.4. The smallest absolute Gasteiger partial charge is 0.144 e. The first-order valence-electron chi connectivity index (χ1n) is 5.54. The molecule has 2 fully saturated rings. The number of hydrogen-bond acceptors (Lipinski definition) is 2. The SMILES string of the molecule is C=C1CCC(=O)C2C(=O)CC1(C)C2(C)C. The molecule has 2 bridgehead atoms. The topological polar surface area (TPSA) is 34.1 Å². The van der Waals surface area contributed by atoms with E-state index in [9.17, 15) is 9.59 Å². The Bertz CT molecular complexity index is 357. The van der Waals surface area contributed by atoms with Crippen molar-refractivity contribution >= 4 is 11.6 Å². The maximum atomic E-state index is 11.9. The van der Waals surface area contributed by atoms with E-state index in [-0.39, 0.29) is 28.3 Å². The van der Waals surface area contributed by atoms with Crippen LogP contribution in [0.1, 0.15) is 40.0 Å². The highest BCUT2D eigenvalue weighted by atomic mass is 16.2. The Morgan fingerprint density at radius 3 is 2.33 bits per heavy atom. The van der Waals surface area contributed by atoms with Crippen LogP contribution in [0, 0.1) is 16.7 Å². The summed E-state index contributed by atoms with van der Waals surface area (Å²) in [5.41, 5.74) is 0.643. The number of ketones is 2. The fourth-order valence-electron chi connectivity index (χ4n) is 3.26. The first-order valence-corrected chi connectivity index (χ1v) is 5.54. The fourth-order valence-corrected chi connectivity index (χ4v) is 3.26. The minimum Gasteiger partial charge on any atom is -0.299 e. The van der Waals surface area contributed by atoms with Crippen molar-refractivity contribution in [3.8, 4) is 0 Å². The predicted octanol–water partition coefficient (Wildman–Crippen LogP) is 2.53. The zero-order valence-corrected chi connectivity index (χ0v) is 9.72. The summed E-state index contributed by atoms with van der Waals surface area (Å²) in [7, 11) is 0. The van der Waals surface area contributed by atoms with Crippen LogP contribution in [0.5, 0.6) is 0 Å². The Kier molecular flexibility index (Phi) is 1.98. The number of rotatable bonds is 0. The fraction of sp³-hybridized carbons (Fsp3) is 0.692. The van der Waals surface area contributed by atoms with Crippen molar-refractivity contribution in [2.45, 2.75) is 40.0 Å². The largest absolute Gasteiger partial charge is 0.299 e. The van der Waals surface area contributed by atoms with E-state index in [0.717, 1.165) is 12.0 Å². The van der Waals surface area contributed by atoms with Gasteiger partial charge in [0.2, 0.25) is 0 Å². The molecule has 0 aromatic heterocycles. The summed E-state index contributed by atoms with van der Waals surface area (Å²) in [5.74, 6) is -0.150. The molecule has 0 aromatic carbocycles. The minimum atomic E-state index is -0.387. The molecule has 0 aliphatic heterocycles. The average Bonchev–Trinajstić information content (AvgIpc) is 2.26. The third-order valence-electron chi connectivity index (χ3n) is 4.77. The number of allylic oxidation sites excluding steroid dienone is 1. The number of carbonyl (C=O) groups is 2. The van der Waals surface area contributed by atoms with Gasteiger partial charge in [-0.25, -0.2) is 0 Å². The van der Waals surface area contributed by atoms with E-state index in [0.29, 0.717) is 12.8 Å². The highest BCUT2D eigenvalue weighted by Crippen LogP contribution is 2.60. The first kappa shape index (κ1) is 10.6. The second kappa shape index (κ2) is 2.81. The zero-order valence-electron chi connectivity index (χ0n) is 9.72. The molecule has 0 heterocycles. The molecule has 0 amide bonds. The van der Waals surface area contributed by atoms with Crippen LogP contribution in [0.2, 0.25) is 0 Å². The quantitative estimate of drug-likeness (QED) is 0.451. The second-order valence-electron chi connectivity index (χ2n) is 5.70. The number of fused-ring (bicyclic) bond motifs is 2. The Morgan fingerprint density at radius 2 is 1.73 bits per heavy atom. The molecule has 2 aliphatic rings. The molecule has 2 aliphatic carbocycles. The highest BCUT2D eigenvalue weighted by molar-refractivity contribution is 6.06. The Morgan fingerprint density at radius 1 is 1.13 bits per heavy atom. The Hall–Kier alpha value is -0.920. The lowest BCUT2D eigenvalue weighted by Gasteiger charge is -2.39. The lowest BCUT2D eigenvalue weighted by Crippen LogP contribution is -2.36. The lowest BCUT2D eigenvalue weighted by atomic mass is 9.63. The van der Waals surface area contributed by atoms with Gasteiger partial charge in [0.05, 0.1) is 5.92 Å². The van der Waals surface area contributed by atoms with E-state index in [2.05, 4.69) is 13.5 Å². The minimum absolute atomic E-state index is 0.118. The van der Waals surface area contributed by atoms with E-state index in [1.54, 1.807) is 0 Å². The van der Waals surface area contributed by atoms with Crippen LogP contribution in [0.4, 0.5) is 0 Å².